The van der Waals surface area contributed by atoms with E-state index in [9.17, 15) is 14.0 Å². The summed E-state index contributed by atoms with van der Waals surface area (Å²) < 4.78 is 18.7. The van der Waals surface area contributed by atoms with Crippen LogP contribution in [0, 0.1) is 5.82 Å². The number of amides is 2. The van der Waals surface area contributed by atoms with Gasteiger partial charge in [0, 0.05) is 18.1 Å². The van der Waals surface area contributed by atoms with Gasteiger partial charge in [-0.05, 0) is 55.3 Å². The van der Waals surface area contributed by atoms with Crippen molar-refractivity contribution in [1.29, 1.82) is 0 Å². The summed E-state index contributed by atoms with van der Waals surface area (Å²) in [5.74, 6) is -0.453. The fourth-order valence-electron chi connectivity index (χ4n) is 2.52. The first kappa shape index (κ1) is 21.7. The molecule has 150 valence electrons. The Morgan fingerprint density at radius 2 is 1.79 bits per heavy atom. The Kier molecular flexibility index (Phi) is 8.26. The van der Waals surface area contributed by atoms with E-state index in [1.807, 2.05) is 6.92 Å². The molecule has 0 bridgehead atoms. The monoisotopic (exact) mass is 406 g/mol. The van der Waals surface area contributed by atoms with Gasteiger partial charge in [-0.15, -0.1) is 0 Å². The maximum absolute atomic E-state index is 13.2. The van der Waals surface area contributed by atoms with Crippen LogP contribution >= 0.6 is 11.6 Å². The van der Waals surface area contributed by atoms with Gasteiger partial charge in [-0.3, -0.25) is 9.59 Å². The molecule has 0 unspecified atom stereocenters. The highest BCUT2D eigenvalue weighted by Crippen LogP contribution is 2.16. The predicted octanol–water partition coefficient (Wildman–Crippen LogP) is 3.80. The van der Waals surface area contributed by atoms with E-state index >= 15 is 0 Å². The Bertz CT molecular complexity index is 781. The van der Waals surface area contributed by atoms with Gasteiger partial charge in [0.2, 0.25) is 5.91 Å². The van der Waals surface area contributed by atoms with E-state index in [1.165, 1.54) is 17.0 Å². The van der Waals surface area contributed by atoms with Gasteiger partial charge in [-0.2, -0.15) is 0 Å². The van der Waals surface area contributed by atoms with Crippen molar-refractivity contribution in [2.75, 3.05) is 13.2 Å². The van der Waals surface area contributed by atoms with Crippen LogP contribution in [0.2, 0.25) is 5.02 Å². The number of hydrogen-bond donors (Lipinski definition) is 1. The molecule has 0 aromatic heterocycles. The highest BCUT2D eigenvalue weighted by molar-refractivity contribution is 6.30. The predicted molar refractivity (Wildman–Crippen MR) is 107 cm³/mol. The molecule has 0 aliphatic heterocycles. The quantitative estimate of drug-likeness (QED) is 0.689. The zero-order valence-electron chi connectivity index (χ0n) is 16.0. The van der Waals surface area contributed by atoms with E-state index in [0.717, 1.165) is 12.0 Å². The van der Waals surface area contributed by atoms with Crippen LogP contribution in [0.15, 0.2) is 48.5 Å². The van der Waals surface area contributed by atoms with Gasteiger partial charge in [-0.25, -0.2) is 4.39 Å². The summed E-state index contributed by atoms with van der Waals surface area (Å²) in [6.07, 6.45) is 0.796. The molecule has 0 spiro atoms. The first-order valence-electron chi connectivity index (χ1n) is 9.10. The summed E-state index contributed by atoms with van der Waals surface area (Å²) in [7, 11) is 0. The molecule has 2 amide bonds. The summed E-state index contributed by atoms with van der Waals surface area (Å²) in [5, 5.41) is 3.36. The fraction of sp³-hybridized carbons (Fsp3) is 0.333. The average molecular weight is 407 g/mol. The van der Waals surface area contributed by atoms with Gasteiger partial charge in [0.25, 0.3) is 5.91 Å². The van der Waals surface area contributed by atoms with Gasteiger partial charge in [0.15, 0.2) is 6.61 Å². The minimum atomic E-state index is -0.696. The van der Waals surface area contributed by atoms with Crippen molar-refractivity contribution in [2.45, 2.75) is 32.9 Å². The van der Waals surface area contributed by atoms with Crippen molar-refractivity contribution in [3.05, 3.63) is 64.9 Å². The molecule has 0 radical (unpaired) electrons. The van der Waals surface area contributed by atoms with E-state index in [4.69, 9.17) is 16.3 Å². The van der Waals surface area contributed by atoms with Crippen molar-refractivity contribution in [1.82, 2.24) is 10.2 Å². The van der Waals surface area contributed by atoms with Crippen LogP contribution in [-0.2, 0) is 16.1 Å². The van der Waals surface area contributed by atoms with E-state index in [0.29, 0.717) is 17.3 Å². The molecular weight excluding hydrogens is 383 g/mol. The molecule has 2 aromatic rings. The van der Waals surface area contributed by atoms with Gasteiger partial charge >= 0.3 is 0 Å². The standard InChI is InChI=1S/C21H24ClFN2O3/c1-3-12-24-21(27)15(2)25(13-16-4-8-18(23)9-5-16)20(26)14-28-19-10-6-17(22)7-11-19/h4-11,15H,3,12-14H2,1-2H3,(H,24,27)/t15-/m1/s1. The Morgan fingerprint density at radius 1 is 1.14 bits per heavy atom. The Hall–Kier alpha value is -2.60. The van der Waals surface area contributed by atoms with Gasteiger partial charge in [-0.1, -0.05) is 30.7 Å². The molecule has 0 heterocycles. The minimum Gasteiger partial charge on any atom is -0.484 e. The van der Waals surface area contributed by atoms with Crippen molar-refractivity contribution >= 4 is 23.4 Å². The molecule has 0 fully saturated rings. The van der Waals surface area contributed by atoms with Gasteiger partial charge < -0.3 is 15.0 Å². The van der Waals surface area contributed by atoms with Crippen molar-refractivity contribution in [3.63, 3.8) is 0 Å². The topological polar surface area (TPSA) is 58.6 Å². The first-order chi connectivity index (χ1) is 13.4. The molecule has 0 aliphatic rings. The number of carbonyl (C=O) groups excluding carboxylic acids is 2. The zero-order chi connectivity index (χ0) is 20.5. The van der Waals surface area contributed by atoms with Crippen LogP contribution < -0.4 is 10.1 Å². The second-order valence-corrected chi connectivity index (χ2v) is 6.79. The van der Waals surface area contributed by atoms with Crippen molar-refractivity contribution in [2.24, 2.45) is 0 Å². The molecule has 7 heteroatoms. The maximum Gasteiger partial charge on any atom is 0.261 e. The summed E-state index contributed by atoms with van der Waals surface area (Å²) in [6.45, 7) is 4.09. The second-order valence-electron chi connectivity index (χ2n) is 6.36. The van der Waals surface area contributed by atoms with E-state index < -0.39 is 6.04 Å². The first-order valence-corrected chi connectivity index (χ1v) is 9.48. The lowest BCUT2D eigenvalue weighted by Crippen LogP contribution is -2.49. The number of carbonyl (C=O) groups is 2. The SMILES string of the molecule is CCCNC(=O)[C@@H](C)N(Cc1ccc(F)cc1)C(=O)COc1ccc(Cl)cc1. The number of nitrogens with one attached hydrogen (secondary N) is 1. The van der Waals surface area contributed by atoms with Crippen LogP contribution in [0.5, 0.6) is 5.75 Å². The third kappa shape index (κ3) is 6.53. The number of benzene rings is 2. The highest BCUT2D eigenvalue weighted by atomic mass is 35.5. The van der Waals surface area contributed by atoms with Crippen LogP contribution in [0.25, 0.3) is 0 Å². The maximum atomic E-state index is 13.2. The largest absolute Gasteiger partial charge is 0.484 e. The number of nitrogens with zero attached hydrogens (tertiary/aromatic N) is 1. The van der Waals surface area contributed by atoms with E-state index in [2.05, 4.69) is 5.32 Å². The molecule has 2 aromatic carbocycles. The minimum absolute atomic E-state index is 0.170. The lowest BCUT2D eigenvalue weighted by Gasteiger charge is -2.28. The third-order valence-electron chi connectivity index (χ3n) is 4.16. The Morgan fingerprint density at radius 3 is 2.39 bits per heavy atom. The molecule has 28 heavy (non-hydrogen) atoms. The summed E-state index contributed by atoms with van der Waals surface area (Å²) in [4.78, 5) is 26.6. The third-order valence-corrected chi connectivity index (χ3v) is 4.41. The summed E-state index contributed by atoms with van der Waals surface area (Å²) >= 11 is 5.84. The number of hydrogen-bond acceptors (Lipinski definition) is 3. The fourth-order valence-corrected chi connectivity index (χ4v) is 2.65. The van der Waals surface area contributed by atoms with Crippen LogP contribution in [0.3, 0.4) is 0 Å². The molecule has 0 saturated carbocycles. The van der Waals surface area contributed by atoms with E-state index in [-0.39, 0.29) is 30.8 Å². The molecule has 0 aliphatic carbocycles. The van der Waals surface area contributed by atoms with Gasteiger partial charge in [0.05, 0.1) is 0 Å². The molecular formula is C21H24ClFN2O3. The number of halogens is 2. The van der Waals surface area contributed by atoms with Crippen LogP contribution in [-0.4, -0.2) is 35.9 Å². The van der Waals surface area contributed by atoms with E-state index in [1.54, 1.807) is 43.3 Å². The smallest absolute Gasteiger partial charge is 0.261 e. The molecule has 1 atom stereocenters. The average Bonchev–Trinajstić information content (AvgIpc) is 2.70. The molecule has 1 N–H and O–H groups in total. The lowest BCUT2D eigenvalue weighted by molar-refractivity contribution is -0.142. The van der Waals surface area contributed by atoms with Crippen LogP contribution in [0.4, 0.5) is 4.39 Å². The summed E-state index contributed by atoms with van der Waals surface area (Å²) in [6, 6.07) is 11.8. The Balaban J connectivity index is 2.10. The summed E-state index contributed by atoms with van der Waals surface area (Å²) in [5.41, 5.74) is 0.719. The normalized spacial score (nSPS) is 11.6. The highest BCUT2D eigenvalue weighted by Gasteiger charge is 2.26. The van der Waals surface area contributed by atoms with Crippen molar-refractivity contribution in [3.8, 4) is 5.75 Å². The molecule has 2 rings (SSSR count). The van der Waals surface area contributed by atoms with Crippen molar-refractivity contribution < 1.29 is 18.7 Å². The van der Waals surface area contributed by atoms with Gasteiger partial charge in [0.1, 0.15) is 17.6 Å². The zero-order valence-corrected chi connectivity index (χ0v) is 16.7. The molecule has 5 nitrogen and oxygen atoms in total. The second kappa shape index (κ2) is 10.7. The number of ether oxygens (including phenoxy) is 1. The molecule has 0 saturated heterocycles. The lowest BCUT2D eigenvalue weighted by atomic mass is 10.1. The number of rotatable bonds is 9. The Labute approximate surface area is 169 Å². The van der Waals surface area contributed by atoms with Crippen LogP contribution in [0.1, 0.15) is 25.8 Å².